The van der Waals surface area contributed by atoms with Gasteiger partial charge in [-0.05, 0) is 29.8 Å². The maximum absolute atomic E-state index is 11.4. The van der Waals surface area contributed by atoms with Gasteiger partial charge in [0.1, 0.15) is 17.1 Å². The monoisotopic (exact) mass is 312 g/mol. The van der Waals surface area contributed by atoms with Crippen LogP contribution in [0.4, 0.5) is 5.69 Å². The number of benzene rings is 2. The van der Waals surface area contributed by atoms with E-state index in [9.17, 15) is 4.79 Å². The Bertz CT molecular complexity index is 877. The highest BCUT2D eigenvalue weighted by Crippen LogP contribution is 2.40. The molecule has 0 bridgehead atoms. The Kier molecular flexibility index (Phi) is 3.57. The summed E-state index contributed by atoms with van der Waals surface area (Å²) in [4.78, 5) is 11.4. The number of carbonyl (C=O) groups excluding carboxylic acids is 1. The van der Waals surface area contributed by atoms with Crippen LogP contribution in [0.15, 0.2) is 40.8 Å². The van der Waals surface area contributed by atoms with Gasteiger partial charge in [0, 0.05) is 5.39 Å². The topological polar surface area (TPSA) is 101 Å². The van der Waals surface area contributed by atoms with Crippen molar-refractivity contribution in [1.29, 1.82) is 0 Å². The van der Waals surface area contributed by atoms with Crippen molar-refractivity contribution in [2.24, 2.45) is 5.73 Å². The van der Waals surface area contributed by atoms with E-state index in [2.05, 4.69) is 0 Å². The van der Waals surface area contributed by atoms with E-state index < -0.39 is 5.91 Å². The molecule has 0 aliphatic heterocycles. The highest BCUT2D eigenvalue weighted by molar-refractivity contribution is 6.06. The minimum Gasteiger partial charge on any atom is -0.496 e. The van der Waals surface area contributed by atoms with E-state index >= 15 is 0 Å². The molecule has 1 aromatic heterocycles. The summed E-state index contributed by atoms with van der Waals surface area (Å²) >= 11 is 0. The zero-order chi connectivity index (χ0) is 16.6. The molecular weight excluding hydrogens is 296 g/mol. The molecule has 1 amide bonds. The first-order valence-electron chi connectivity index (χ1n) is 6.90. The fourth-order valence-electron chi connectivity index (χ4n) is 2.59. The average molecular weight is 312 g/mol. The molecule has 23 heavy (non-hydrogen) atoms. The van der Waals surface area contributed by atoms with Crippen molar-refractivity contribution in [3.8, 4) is 22.6 Å². The van der Waals surface area contributed by atoms with Crippen molar-refractivity contribution >= 4 is 22.6 Å². The highest BCUT2D eigenvalue weighted by Gasteiger charge is 2.18. The second-order valence-electron chi connectivity index (χ2n) is 4.96. The molecule has 1 heterocycles. The molecule has 0 aliphatic carbocycles. The molecule has 0 saturated carbocycles. The summed E-state index contributed by atoms with van der Waals surface area (Å²) in [6, 6.07) is 10.9. The zero-order valence-electron chi connectivity index (χ0n) is 12.8. The summed E-state index contributed by atoms with van der Waals surface area (Å²) in [6.45, 7) is 0. The molecule has 2 aromatic carbocycles. The van der Waals surface area contributed by atoms with Crippen LogP contribution in [0.5, 0.6) is 11.5 Å². The van der Waals surface area contributed by atoms with Gasteiger partial charge in [-0.25, -0.2) is 0 Å². The maximum atomic E-state index is 11.4. The van der Waals surface area contributed by atoms with Gasteiger partial charge in [-0.1, -0.05) is 12.1 Å². The molecule has 118 valence electrons. The van der Waals surface area contributed by atoms with Gasteiger partial charge < -0.3 is 25.4 Å². The predicted molar refractivity (Wildman–Crippen MR) is 87.7 cm³/mol. The van der Waals surface area contributed by atoms with E-state index in [0.717, 1.165) is 11.1 Å². The minimum atomic E-state index is -0.699. The number of nitrogens with two attached hydrogens (primary N) is 2. The Morgan fingerprint density at radius 3 is 2.30 bits per heavy atom. The van der Waals surface area contributed by atoms with Gasteiger partial charge in [0.05, 0.1) is 25.5 Å². The van der Waals surface area contributed by atoms with Gasteiger partial charge in [0.25, 0.3) is 5.91 Å². The van der Waals surface area contributed by atoms with Crippen LogP contribution in [0, 0.1) is 0 Å². The van der Waals surface area contributed by atoms with E-state index in [1.807, 2.05) is 30.3 Å². The number of anilines is 1. The molecule has 0 aliphatic rings. The number of methoxy groups -OCH3 is 2. The number of carbonyl (C=O) groups is 1. The molecule has 3 rings (SSSR count). The van der Waals surface area contributed by atoms with Gasteiger partial charge >= 0.3 is 0 Å². The van der Waals surface area contributed by atoms with Gasteiger partial charge in [-0.3, -0.25) is 4.79 Å². The lowest BCUT2D eigenvalue weighted by molar-refractivity contribution is 0.0977. The van der Waals surface area contributed by atoms with Crippen molar-refractivity contribution in [3.63, 3.8) is 0 Å². The zero-order valence-corrected chi connectivity index (χ0v) is 12.8. The number of hydrogen-bond acceptors (Lipinski definition) is 5. The number of rotatable bonds is 4. The summed E-state index contributed by atoms with van der Waals surface area (Å²) in [5.41, 5.74) is 13.6. The molecule has 3 aromatic rings. The lowest BCUT2D eigenvalue weighted by atomic mass is 10.0. The molecule has 6 nitrogen and oxygen atoms in total. The molecule has 0 radical (unpaired) electrons. The first-order chi connectivity index (χ1) is 11.1. The van der Waals surface area contributed by atoms with Crippen LogP contribution in [0.1, 0.15) is 10.6 Å². The number of nitrogen functional groups attached to an aromatic ring is 1. The second-order valence-corrected chi connectivity index (χ2v) is 4.96. The summed E-state index contributed by atoms with van der Waals surface area (Å²) < 4.78 is 16.2. The molecule has 6 heteroatoms. The Hall–Kier alpha value is -3.15. The van der Waals surface area contributed by atoms with Crippen molar-refractivity contribution in [2.45, 2.75) is 0 Å². The van der Waals surface area contributed by atoms with E-state index in [1.165, 1.54) is 0 Å². The van der Waals surface area contributed by atoms with E-state index in [-0.39, 0.29) is 11.4 Å². The summed E-state index contributed by atoms with van der Waals surface area (Å²) in [6.07, 6.45) is 0. The fraction of sp³-hybridized carbons (Fsp3) is 0.118. The van der Waals surface area contributed by atoms with Crippen molar-refractivity contribution in [2.75, 3.05) is 20.0 Å². The normalized spacial score (nSPS) is 10.7. The van der Waals surface area contributed by atoms with Crippen molar-refractivity contribution < 1.29 is 18.7 Å². The summed E-state index contributed by atoms with van der Waals surface area (Å²) in [5, 5.41) is 0.615. The largest absolute Gasteiger partial charge is 0.496 e. The second kappa shape index (κ2) is 5.57. The fourth-order valence-corrected chi connectivity index (χ4v) is 2.59. The number of amides is 1. The molecule has 0 fully saturated rings. The summed E-state index contributed by atoms with van der Waals surface area (Å²) in [7, 11) is 3.18. The van der Waals surface area contributed by atoms with Crippen molar-refractivity contribution in [1.82, 2.24) is 0 Å². The number of ether oxygens (including phenoxy) is 2. The molecule has 0 atom stereocenters. The van der Waals surface area contributed by atoms with Gasteiger partial charge in [-0.15, -0.1) is 0 Å². The molecule has 0 unspecified atom stereocenters. The van der Waals surface area contributed by atoms with Crippen LogP contribution >= 0.6 is 0 Å². The standard InChI is InChI=1S/C17H16N2O4/c1-21-12-4-3-5-13(22-2)14(12)9-6-7-11-10(8-9)15(18)16(23-11)17(19)20/h3-8H,18H2,1-2H3,(H2,19,20). The van der Waals surface area contributed by atoms with Crippen LogP contribution in [-0.4, -0.2) is 20.1 Å². The first-order valence-corrected chi connectivity index (χ1v) is 6.90. The quantitative estimate of drug-likeness (QED) is 0.771. The lowest BCUT2D eigenvalue weighted by Crippen LogP contribution is -2.11. The molecule has 4 N–H and O–H groups in total. The third kappa shape index (κ3) is 2.34. The highest BCUT2D eigenvalue weighted by atomic mass is 16.5. The van der Waals surface area contributed by atoms with Crippen molar-refractivity contribution in [3.05, 3.63) is 42.2 Å². The van der Waals surface area contributed by atoms with Crippen LogP contribution in [-0.2, 0) is 0 Å². The third-order valence-corrected chi connectivity index (χ3v) is 3.67. The molecular formula is C17H16N2O4. The molecule has 0 spiro atoms. The predicted octanol–water partition coefficient (Wildman–Crippen LogP) is 2.80. The average Bonchev–Trinajstić information content (AvgIpc) is 2.90. The minimum absolute atomic E-state index is 0.0378. The molecule has 0 saturated heterocycles. The van der Waals surface area contributed by atoms with E-state index in [4.69, 9.17) is 25.4 Å². The first kappa shape index (κ1) is 14.8. The van der Waals surface area contributed by atoms with E-state index in [0.29, 0.717) is 22.5 Å². The van der Waals surface area contributed by atoms with Crippen LogP contribution in [0.25, 0.3) is 22.1 Å². The number of hydrogen-bond donors (Lipinski definition) is 2. The summed E-state index contributed by atoms with van der Waals surface area (Å²) in [5.74, 6) is 0.598. The van der Waals surface area contributed by atoms with Gasteiger partial charge in [-0.2, -0.15) is 0 Å². The van der Waals surface area contributed by atoms with Crippen LogP contribution in [0.3, 0.4) is 0 Å². The number of primary amides is 1. The SMILES string of the molecule is COc1cccc(OC)c1-c1ccc2oc(C(N)=O)c(N)c2c1. The van der Waals surface area contributed by atoms with Gasteiger partial charge in [0.15, 0.2) is 0 Å². The van der Waals surface area contributed by atoms with Crippen LogP contribution < -0.4 is 20.9 Å². The van der Waals surface area contributed by atoms with Gasteiger partial charge in [0.2, 0.25) is 5.76 Å². The Morgan fingerprint density at radius 1 is 1.09 bits per heavy atom. The number of furan rings is 1. The Morgan fingerprint density at radius 2 is 1.74 bits per heavy atom. The Balaban J connectivity index is 2.26. The smallest absolute Gasteiger partial charge is 0.286 e. The number of fused-ring (bicyclic) bond motifs is 1. The maximum Gasteiger partial charge on any atom is 0.286 e. The van der Waals surface area contributed by atoms with Crippen LogP contribution in [0.2, 0.25) is 0 Å². The third-order valence-electron chi connectivity index (χ3n) is 3.67. The van der Waals surface area contributed by atoms with E-state index in [1.54, 1.807) is 20.3 Å². The lowest BCUT2D eigenvalue weighted by Gasteiger charge is -2.13. The Labute approximate surface area is 132 Å².